The normalized spacial score (nSPS) is 11.5. The lowest BCUT2D eigenvalue weighted by Gasteiger charge is -2.15. The molecule has 0 fully saturated rings. The molecule has 202 valence electrons. The van der Waals surface area contributed by atoms with Crippen molar-refractivity contribution in [3.8, 4) is 51.5 Å². The Morgan fingerprint density at radius 2 is 0.625 bits per heavy atom. The first kappa shape index (κ1) is 26.9. The van der Waals surface area contributed by atoms with Gasteiger partial charge in [0.2, 0.25) is 0 Å². The summed E-state index contributed by atoms with van der Waals surface area (Å²) in [7, 11) is 0. The zero-order chi connectivity index (χ0) is 28.3. The highest BCUT2D eigenvalue weighted by Gasteiger charge is 2.35. The maximum absolute atomic E-state index is 15.2. The van der Waals surface area contributed by atoms with Gasteiger partial charge < -0.3 is 0 Å². The molecule has 40 heavy (non-hydrogen) atoms. The van der Waals surface area contributed by atoms with Gasteiger partial charge in [-0.15, -0.1) is 45.3 Å². The highest BCUT2D eigenvalue weighted by molar-refractivity contribution is 7.23. The van der Waals surface area contributed by atoms with Crippen LogP contribution in [-0.2, 0) is 0 Å². The van der Waals surface area contributed by atoms with E-state index in [1.54, 1.807) is 35.0 Å². The fourth-order valence-electron chi connectivity index (χ4n) is 4.18. The number of hydrogen-bond acceptors (Lipinski definition) is 4. The van der Waals surface area contributed by atoms with Gasteiger partial charge in [0, 0.05) is 29.3 Å². The Kier molecular flexibility index (Phi) is 6.89. The van der Waals surface area contributed by atoms with Crippen molar-refractivity contribution in [2.24, 2.45) is 0 Å². The molecule has 0 aliphatic carbocycles. The fraction of sp³-hybridized carbons (Fsp3) is 0. The molecule has 0 bridgehead atoms. The third-order valence-corrected chi connectivity index (χ3v) is 10.3. The van der Waals surface area contributed by atoms with Crippen LogP contribution in [0.15, 0.2) is 59.3 Å². The van der Waals surface area contributed by atoms with E-state index in [9.17, 15) is 0 Å². The number of halogens is 8. The Hall–Kier alpha value is -3.32. The molecule has 0 aliphatic heterocycles. The van der Waals surface area contributed by atoms with E-state index < -0.39 is 68.8 Å². The van der Waals surface area contributed by atoms with Crippen molar-refractivity contribution in [2.45, 2.75) is 0 Å². The Labute approximate surface area is 237 Å². The van der Waals surface area contributed by atoms with Gasteiger partial charge in [0.25, 0.3) is 0 Å². The molecule has 0 unspecified atom stereocenters. The molecule has 0 atom stereocenters. The van der Waals surface area contributed by atoms with Crippen molar-refractivity contribution in [1.82, 2.24) is 0 Å². The van der Waals surface area contributed by atoms with Crippen molar-refractivity contribution < 1.29 is 35.1 Å². The van der Waals surface area contributed by atoms with Crippen molar-refractivity contribution in [3.63, 3.8) is 0 Å². The molecule has 12 heteroatoms. The summed E-state index contributed by atoms with van der Waals surface area (Å²) in [5.41, 5.74) is -5.99. The lowest BCUT2D eigenvalue weighted by atomic mass is 9.96. The van der Waals surface area contributed by atoms with E-state index in [0.717, 1.165) is 32.4 Å². The Morgan fingerprint density at radius 1 is 0.325 bits per heavy atom. The molecule has 0 nitrogen and oxygen atoms in total. The lowest BCUT2D eigenvalue weighted by Crippen LogP contribution is -2.09. The van der Waals surface area contributed by atoms with E-state index in [1.165, 1.54) is 46.9 Å². The summed E-state index contributed by atoms with van der Waals surface area (Å²) in [6.07, 6.45) is 0. The van der Waals surface area contributed by atoms with Crippen molar-refractivity contribution in [2.75, 3.05) is 0 Å². The Bertz CT molecular complexity index is 1690. The van der Waals surface area contributed by atoms with Crippen LogP contribution < -0.4 is 0 Å². The zero-order valence-corrected chi connectivity index (χ0v) is 22.7. The standard InChI is InChI=1S/C28H10F8S4/c29-21-17(15-7-5-13(39-15)11-3-1-9-37-11)22(30)26(34)19(25(21)33)20-27(35)23(31)18(24(32)28(20)36)16-8-6-14(40-16)12-4-2-10-38-12/h1-10H. The highest BCUT2D eigenvalue weighted by Crippen LogP contribution is 2.46. The summed E-state index contributed by atoms with van der Waals surface area (Å²) in [5, 5.41) is 3.52. The summed E-state index contributed by atoms with van der Waals surface area (Å²) in [6.45, 7) is 0. The quantitative estimate of drug-likeness (QED) is 0.132. The Balaban J connectivity index is 1.50. The molecule has 0 aliphatic rings. The SMILES string of the molecule is Fc1c(F)c(-c2c(F)c(F)c(-c3ccc(-c4cccs4)s3)c(F)c2F)c(F)c(F)c1-c1ccc(-c2cccs2)s1. The topological polar surface area (TPSA) is 0 Å². The van der Waals surface area contributed by atoms with E-state index in [1.807, 2.05) is 0 Å². The smallest absolute Gasteiger partial charge is 0.171 e. The van der Waals surface area contributed by atoms with Gasteiger partial charge in [-0.1, -0.05) is 12.1 Å². The summed E-state index contributed by atoms with van der Waals surface area (Å²) in [5.74, 6) is -16.6. The molecular weight excluding hydrogens is 617 g/mol. The maximum atomic E-state index is 15.2. The van der Waals surface area contributed by atoms with E-state index in [0.29, 0.717) is 9.75 Å². The molecule has 6 rings (SSSR count). The van der Waals surface area contributed by atoms with Crippen LogP contribution in [0.3, 0.4) is 0 Å². The van der Waals surface area contributed by atoms with Crippen LogP contribution in [0.2, 0.25) is 0 Å². The maximum Gasteiger partial charge on any atom is 0.171 e. The lowest BCUT2D eigenvalue weighted by molar-refractivity contribution is 0.446. The van der Waals surface area contributed by atoms with E-state index in [4.69, 9.17) is 0 Å². The van der Waals surface area contributed by atoms with Crippen molar-refractivity contribution >= 4 is 45.3 Å². The molecule has 4 aromatic heterocycles. The minimum atomic E-state index is -2.19. The second-order valence-corrected chi connectivity index (χ2v) is 12.4. The predicted octanol–water partition coefficient (Wildman–Crippen LogP) is 11.4. The molecule has 6 aromatic rings. The van der Waals surface area contributed by atoms with Gasteiger partial charge in [-0.3, -0.25) is 0 Å². The van der Waals surface area contributed by atoms with Crippen LogP contribution >= 0.6 is 45.3 Å². The minimum absolute atomic E-state index is 0.198. The predicted molar refractivity (Wildman–Crippen MR) is 145 cm³/mol. The number of thiophene rings is 4. The summed E-state index contributed by atoms with van der Waals surface area (Å²) in [6, 6.07) is 12.4. The Morgan fingerprint density at radius 3 is 0.925 bits per heavy atom. The molecule has 0 radical (unpaired) electrons. The third-order valence-electron chi connectivity index (χ3n) is 6.01. The van der Waals surface area contributed by atoms with Crippen molar-refractivity contribution in [1.29, 1.82) is 0 Å². The average Bonchev–Trinajstić information content (AvgIpc) is 3.75. The highest BCUT2D eigenvalue weighted by atomic mass is 32.1. The average molecular weight is 627 g/mol. The van der Waals surface area contributed by atoms with Gasteiger partial charge >= 0.3 is 0 Å². The first-order chi connectivity index (χ1) is 19.2. The van der Waals surface area contributed by atoms with Gasteiger partial charge in [-0.25, -0.2) is 35.1 Å². The summed E-state index contributed by atoms with van der Waals surface area (Å²) < 4.78 is 122. The zero-order valence-electron chi connectivity index (χ0n) is 19.4. The molecule has 0 N–H and O–H groups in total. The largest absolute Gasteiger partial charge is 0.203 e. The number of rotatable bonds is 5. The monoisotopic (exact) mass is 626 g/mol. The van der Waals surface area contributed by atoms with E-state index in [2.05, 4.69) is 0 Å². The van der Waals surface area contributed by atoms with Crippen LogP contribution in [0.5, 0.6) is 0 Å². The van der Waals surface area contributed by atoms with Crippen LogP contribution in [0, 0.1) is 46.5 Å². The van der Waals surface area contributed by atoms with E-state index >= 15 is 35.1 Å². The first-order valence-corrected chi connectivity index (χ1v) is 14.6. The second-order valence-electron chi connectivity index (χ2n) is 8.29. The summed E-state index contributed by atoms with van der Waals surface area (Å²) in [4.78, 5) is 2.19. The van der Waals surface area contributed by atoms with Gasteiger partial charge in [-0.05, 0) is 47.2 Å². The fourth-order valence-corrected chi connectivity index (χ4v) is 7.93. The molecule has 0 amide bonds. The minimum Gasteiger partial charge on any atom is -0.203 e. The molecule has 2 aromatic carbocycles. The van der Waals surface area contributed by atoms with Gasteiger partial charge in [0.1, 0.15) is 0 Å². The van der Waals surface area contributed by atoms with E-state index in [-0.39, 0.29) is 9.75 Å². The van der Waals surface area contributed by atoms with Gasteiger partial charge in [0.15, 0.2) is 46.5 Å². The van der Waals surface area contributed by atoms with Crippen molar-refractivity contribution in [3.05, 3.63) is 106 Å². The molecule has 0 saturated heterocycles. The van der Waals surface area contributed by atoms with Crippen LogP contribution in [0.25, 0.3) is 51.5 Å². The number of hydrogen-bond donors (Lipinski definition) is 0. The molecule has 4 heterocycles. The molecule has 0 saturated carbocycles. The molecular formula is C28H10F8S4. The van der Waals surface area contributed by atoms with Crippen LogP contribution in [-0.4, -0.2) is 0 Å². The van der Waals surface area contributed by atoms with Crippen LogP contribution in [0.1, 0.15) is 0 Å². The second kappa shape index (κ2) is 10.3. The first-order valence-electron chi connectivity index (χ1n) is 11.2. The number of benzene rings is 2. The summed E-state index contributed by atoms with van der Waals surface area (Å²) >= 11 is 4.32. The molecule has 0 spiro atoms. The van der Waals surface area contributed by atoms with Gasteiger partial charge in [0.05, 0.1) is 22.3 Å². The van der Waals surface area contributed by atoms with Gasteiger partial charge in [-0.2, -0.15) is 0 Å². The third kappa shape index (κ3) is 4.21. The van der Waals surface area contributed by atoms with Crippen LogP contribution in [0.4, 0.5) is 35.1 Å².